The molecular weight excluding hydrogens is 1260 g/mol. The van der Waals surface area contributed by atoms with Crippen LogP contribution in [0.3, 0.4) is 0 Å². The van der Waals surface area contributed by atoms with Crippen molar-refractivity contribution in [1.82, 2.24) is 50.7 Å². The zero-order valence-corrected chi connectivity index (χ0v) is 54.4. The van der Waals surface area contributed by atoms with Crippen molar-refractivity contribution in [3.8, 4) is 0 Å². The van der Waals surface area contributed by atoms with Gasteiger partial charge < -0.3 is 113 Å². The summed E-state index contributed by atoms with van der Waals surface area (Å²) in [4.78, 5) is 161. The number of hydrogen-bond donors (Lipinski definition) is 17. The Balaban J connectivity index is 2.23. The van der Waals surface area contributed by atoms with Crippen molar-refractivity contribution in [2.24, 2.45) is 11.7 Å². The highest BCUT2D eigenvalue weighted by Crippen LogP contribution is 2.20. The van der Waals surface area contributed by atoms with Gasteiger partial charge in [0.1, 0.15) is 61.3 Å². The molecule has 36 nitrogen and oxygen atoms in total. The van der Waals surface area contributed by atoms with Crippen LogP contribution in [0.5, 0.6) is 0 Å². The standard InChI is InChI=1S/C59H96N12O24/c1-33(2)49(65-42(78)15-9-8-10-24-71-44(80)20-21-45(71)81)56(91)64-36(13-11-22-61-59(60)94)55(90)62-35-18-16-34(17-19-35)50(85)58(93)69(6)29-46(82)66(3)27-43(79)63-37(57(92)68(5)28-47(83)67(4)30-48(84)95-7)14-12-23-70(25-38(74)51(86)53(88)40(76)31-72)26-39(75)52(87)54(89)41(77)32-73/h16-21,33,36-41,49-54,72-77,85-89H,8-15,22-32H2,1-7H3,(H,62,90)(H,63,79)(H,64,91)(H,65,78)(H3,60,61,94)/t36-,37?,38-,39-,40+,41+,49-,50?,51+,52+,53+,54+/m0/s1. The maximum Gasteiger partial charge on any atom is 0.325 e. The molecule has 1 aromatic rings. The van der Waals surface area contributed by atoms with Crippen LogP contribution in [0.15, 0.2) is 36.4 Å². The van der Waals surface area contributed by atoms with Gasteiger partial charge in [-0.05, 0) is 68.7 Å². The molecule has 2 rings (SSSR count). The monoisotopic (exact) mass is 1360 g/mol. The zero-order valence-electron chi connectivity index (χ0n) is 54.4. The van der Waals surface area contributed by atoms with Crippen molar-refractivity contribution >= 4 is 76.8 Å². The molecule has 0 saturated carbocycles. The Hall–Kier alpha value is -7.88. The van der Waals surface area contributed by atoms with Gasteiger partial charge in [-0.15, -0.1) is 0 Å². The number of hydrogen-bond acceptors (Lipinski definition) is 25. The molecule has 0 aromatic heterocycles. The summed E-state index contributed by atoms with van der Waals surface area (Å²) in [6.07, 6.45) is -14.6. The lowest BCUT2D eigenvalue weighted by Crippen LogP contribution is -2.54. The molecule has 1 heterocycles. The van der Waals surface area contributed by atoms with Gasteiger partial charge in [-0.25, -0.2) is 4.79 Å². The van der Waals surface area contributed by atoms with Gasteiger partial charge in [-0.3, -0.25) is 62.5 Å². The van der Waals surface area contributed by atoms with E-state index in [4.69, 9.17) is 5.73 Å². The topological polar surface area (TPSA) is 542 Å². The molecule has 95 heavy (non-hydrogen) atoms. The molecule has 536 valence electrons. The number of urea groups is 1. The van der Waals surface area contributed by atoms with Gasteiger partial charge in [0.05, 0.1) is 52.2 Å². The molecule has 12 atom stereocenters. The van der Waals surface area contributed by atoms with Crippen LogP contribution in [0.2, 0.25) is 0 Å². The number of methoxy groups -OCH3 is 1. The number of carbonyl (C=O) groups is 12. The number of unbranched alkanes of at least 4 members (excludes halogenated alkanes) is 2. The second kappa shape index (κ2) is 41.8. The Kier molecular flexibility index (Phi) is 36.6. The summed E-state index contributed by atoms with van der Waals surface area (Å²) < 4.78 is 4.59. The molecule has 1 aliphatic heterocycles. The number of ether oxygens (including phenoxy) is 1. The van der Waals surface area contributed by atoms with Crippen molar-refractivity contribution in [2.75, 3.05) is 113 Å². The molecule has 1 aliphatic rings. The first-order valence-electron chi connectivity index (χ1n) is 30.6. The number of aliphatic hydroxyl groups is 11. The number of imide groups is 1. The first-order valence-corrected chi connectivity index (χ1v) is 30.6. The molecule has 0 fully saturated rings. The first kappa shape index (κ1) is 83.2. The lowest BCUT2D eigenvalue weighted by molar-refractivity contribution is -0.147. The van der Waals surface area contributed by atoms with E-state index >= 15 is 0 Å². The predicted octanol–water partition coefficient (Wildman–Crippen LogP) is -8.34. The van der Waals surface area contributed by atoms with E-state index in [2.05, 4.69) is 31.3 Å². The maximum atomic E-state index is 14.0. The van der Waals surface area contributed by atoms with Crippen molar-refractivity contribution in [2.45, 2.75) is 138 Å². The van der Waals surface area contributed by atoms with E-state index in [9.17, 15) is 114 Å². The Bertz CT molecular complexity index is 2700. The molecule has 36 heteroatoms. The second-order valence-electron chi connectivity index (χ2n) is 23.4. The van der Waals surface area contributed by atoms with E-state index in [-0.39, 0.29) is 63.0 Å². The fourth-order valence-electron chi connectivity index (χ4n) is 9.41. The number of nitrogens with zero attached hydrogens (tertiary/aromatic N) is 6. The number of benzene rings is 1. The molecular formula is C59H96N12O24. The summed E-state index contributed by atoms with van der Waals surface area (Å²) in [5, 5.41) is 126. The number of nitrogens with two attached hydrogens (primary N) is 1. The van der Waals surface area contributed by atoms with Crippen LogP contribution < -0.4 is 32.3 Å². The fraction of sp³-hybridized carbons (Fsp3) is 0.661. The summed E-state index contributed by atoms with van der Waals surface area (Å²) in [7, 11) is 5.90. The van der Waals surface area contributed by atoms with Gasteiger partial charge >= 0.3 is 12.0 Å². The highest BCUT2D eigenvalue weighted by atomic mass is 16.5. The number of esters is 1. The number of carbonyl (C=O) groups excluding carboxylic acids is 12. The largest absolute Gasteiger partial charge is 0.468 e. The Morgan fingerprint density at radius 3 is 1.58 bits per heavy atom. The highest BCUT2D eigenvalue weighted by molar-refractivity contribution is 6.12. The van der Waals surface area contributed by atoms with Crippen molar-refractivity contribution in [1.29, 1.82) is 0 Å². The van der Waals surface area contributed by atoms with E-state index in [1.54, 1.807) is 13.8 Å². The number of amides is 12. The number of rotatable bonds is 44. The summed E-state index contributed by atoms with van der Waals surface area (Å²) >= 11 is 0. The van der Waals surface area contributed by atoms with E-state index in [1.165, 1.54) is 64.6 Å². The van der Waals surface area contributed by atoms with Gasteiger partial charge in [-0.1, -0.05) is 32.4 Å². The molecule has 12 amide bonds. The Morgan fingerprint density at radius 1 is 0.568 bits per heavy atom. The number of nitrogens with one attached hydrogen (secondary N) is 5. The van der Waals surface area contributed by atoms with Gasteiger partial charge in [0.15, 0.2) is 6.10 Å². The van der Waals surface area contributed by atoms with Crippen LogP contribution in [-0.2, 0) is 57.5 Å². The van der Waals surface area contributed by atoms with Crippen molar-refractivity contribution in [3.05, 3.63) is 42.0 Å². The van der Waals surface area contributed by atoms with Crippen LogP contribution in [0.4, 0.5) is 10.5 Å². The molecule has 18 N–H and O–H groups in total. The summed E-state index contributed by atoms with van der Waals surface area (Å²) in [5.74, 6) is -8.35. The Morgan fingerprint density at radius 2 is 1.07 bits per heavy atom. The summed E-state index contributed by atoms with van der Waals surface area (Å²) in [6, 6.07) is 0.604. The van der Waals surface area contributed by atoms with Crippen LogP contribution >= 0.6 is 0 Å². The van der Waals surface area contributed by atoms with E-state index in [0.717, 1.165) is 36.5 Å². The third-order valence-electron chi connectivity index (χ3n) is 15.2. The molecule has 0 saturated heterocycles. The van der Waals surface area contributed by atoms with E-state index in [1.807, 2.05) is 0 Å². The minimum Gasteiger partial charge on any atom is -0.468 e. The van der Waals surface area contributed by atoms with Crippen LogP contribution in [0, 0.1) is 5.92 Å². The lowest BCUT2D eigenvalue weighted by atomic mass is 10.0. The molecule has 0 bridgehead atoms. The molecule has 0 radical (unpaired) electrons. The molecule has 0 spiro atoms. The smallest absolute Gasteiger partial charge is 0.325 e. The zero-order chi connectivity index (χ0) is 72.0. The quantitative estimate of drug-likeness (QED) is 0.0164. The van der Waals surface area contributed by atoms with Crippen LogP contribution in [0.25, 0.3) is 0 Å². The lowest BCUT2D eigenvalue weighted by Gasteiger charge is -2.34. The summed E-state index contributed by atoms with van der Waals surface area (Å²) in [6.45, 7) is -2.67. The molecule has 1 aromatic carbocycles. The first-order chi connectivity index (χ1) is 44.6. The van der Waals surface area contributed by atoms with Crippen molar-refractivity contribution < 1.29 is 118 Å². The van der Waals surface area contributed by atoms with Gasteiger partial charge in [0.25, 0.3) is 17.7 Å². The number of aliphatic hydroxyl groups excluding tert-OH is 11. The molecule has 2 unspecified atom stereocenters. The number of primary amides is 1. The minimum absolute atomic E-state index is 0.00327. The fourth-order valence-corrected chi connectivity index (χ4v) is 9.41. The molecule has 0 aliphatic carbocycles. The van der Waals surface area contributed by atoms with Crippen molar-refractivity contribution in [3.63, 3.8) is 0 Å². The van der Waals surface area contributed by atoms with Gasteiger partial charge in [0, 0.05) is 78.6 Å². The number of likely N-dealkylation sites (N-methyl/N-ethyl adjacent to an activating group) is 4. The SMILES string of the molecule is COC(=O)CN(C)C(=O)CN(C)C(=O)C(CCCN(C[C@H](O)[C@@H](O)[C@H](O)[C@H](O)CO)C[C@H](O)[C@@H](O)[C@H](O)[C@H](O)CO)NC(=O)CN(C)C(=O)CN(C)C(=O)C(O)c1ccc(NC(=O)[C@H](CCCNC(N)=O)NC(=O)[C@@H](NC(=O)CCCCCN2C(=O)C=CC2=O)C(C)C)cc1. The predicted molar refractivity (Wildman–Crippen MR) is 332 cm³/mol. The second-order valence-corrected chi connectivity index (χ2v) is 23.4. The average molecular weight is 1360 g/mol. The third-order valence-corrected chi connectivity index (χ3v) is 15.2. The number of anilines is 1. The van der Waals surface area contributed by atoms with E-state index < -0.39 is 203 Å². The van der Waals surface area contributed by atoms with Crippen LogP contribution in [0.1, 0.15) is 76.9 Å². The van der Waals surface area contributed by atoms with E-state index in [0.29, 0.717) is 19.3 Å². The normalized spacial score (nSPS) is 16.0. The summed E-state index contributed by atoms with van der Waals surface area (Å²) in [5.41, 5.74) is 5.34. The highest BCUT2D eigenvalue weighted by Gasteiger charge is 2.36. The van der Waals surface area contributed by atoms with Gasteiger partial charge in [-0.2, -0.15) is 0 Å². The van der Waals surface area contributed by atoms with Crippen LogP contribution in [-0.4, -0.2) is 331 Å². The van der Waals surface area contributed by atoms with Gasteiger partial charge in [0.2, 0.25) is 41.4 Å². The third kappa shape index (κ3) is 28.5. The Labute approximate surface area is 549 Å². The minimum atomic E-state index is -2.12. The maximum absolute atomic E-state index is 14.0. The average Bonchev–Trinajstić information content (AvgIpc) is 1.83.